The van der Waals surface area contributed by atoms with Crippen LogP contribution >= 0.6 is 0 Å². The monoisotopic (exact) mass is 322 g/mol. The van der Waals surface area contributed by atoms with Gasteiger partial charge in [0.25, 0.3) is 0 Å². The summed E-state index contributed by atoms with van der Waals surface area (Å²) >= 11 is 0. The van der Waals surface area contributed by atoms with Gasteiger partial charge in [-0.3, -0.25) is 4.90 Å². The maximum absolute atomic E-state index is 12.9. The van der Waals surface area contributed by atoms with E-state index in [2.05, 4.69) is 4.90 Å². The normalized spacial score (nSPS) is 23.2. The Morgan fingerprint density at radius 2 is 1.87 bits per heavy atom. The molecular formula is C17H23FN2O3. The molecule has 23 heavy (non-hydrogen) atoms. The number of hydrogen-bond donors (Lipinski definition) is 1. The molecule has 2 aliphatic rings. The molecule has 1 aromatic rings. The van der Waals surface area contributed by atoms with Crippen LogP contribution in [0.5, 0.6) is 5.75 Å². The first-order valence-corrected chi connectivity index (χ1v) is 8.22. The van der Waals surface area contributed by atoms with Crippen LogP contribution in [-0.4, -0.2) is 59.8 Å². The molecule has 1 N–H and O–H groups in total. The highest BCUT2D eigenvalue weighted by Gasteiger charge is 2.28. The summed E-state index contributed by atoms with van der Waals surface area (Å²) in [6, 6.07) is 6.16. The minimum Gasteiger partial charge on any atom is -0.489 e. The van der Waals surface area contributed by atoms with E-state index >= 15 is 0 Å². The number of piperidine rings is 1. The number of carbonyl (C=O) groups is 1. The van der Waals surface area contributed by atoms with Crippen LogP contribution in [0.3, 0.4) is 0 Å². The van der Waals surface area contributed by atoms with Crippen LogP contribution < -0.4 is 4.74 Å². The molecule has 0 radical (unpaired) electrons. The first kappa shape index (κ1) is 16.1. The average molecular weight is 322 g/mol. The quantitative estimate of drug-likeness (QED) is 0.926. The molecule has 2 fully saturated rings. The van der Waals surface area contributed by atoms with Crippen LogP contribution in [0.25, 0.3) is 0 Å². The molecule has 0 aromatic heterocycles. The number of carboxylic acid groups (broad SMARTS) is 1. The lowest BCUT2D eigenvalue weighted by atomic mass is 9.96. The topological polar surface area (TPSA) is 53.0 Å². The van der Waals surface area contributed by atoms with Crippen molar-refractivity contribution >= 4 is 6.09 Å². The van der Waals surface area contributed by atoms with E-state index < -0.39 is 6.09 Å². The van der Waals surface area contributed by atoms with E-state index in [1.54, 1.807) is 12.1 Å². The number of hydrogen-bond acceptors (Lipinski definition) is 3. The summed E-state index contributed by atoms with van der Waals surface area (Å²) in [6.07, 6.45) is 2.20. The zero-order valence-electron chi connectivity index (χ0n) is 13.2. The second-order valence-electron chi connectivity index (χ2n) is 6.46. The molecule has 1 atom stereocenters. The molecule has 0 saturated carbocycles. The van der Waals surface area contributed by atoms with Gasteiger partial charge in [-0.2, -0.15) is 0 Å². The van der Waals surface area contributed by atoms with Crippen molar-refractivity contribution in [2.45, 2.75) is 25.4 Å². The molecule has 5 nitrogen and oxygen atoms in total. The lowest BCUT2D eigenvalue weighted by Crippen LogP contribution is -2.40. The highest BCUT2D eigenvalue weighted by Crippen LogP contribution is 2.23. The summed E-state index contributed by atoms with van der Waals surface area (Å²) in [7, 11) is 0. The molecule has 1 aromatic carbocycles. The van der Waals surface area contributed by atoms with Crippen molar-refractivity contribution in [3.63, 3.8) is 0 Å². The molecule has 1 unspecified atom stereocenters. The number of nitrogens with zero attached hydrogens (tertiary/aromatic N) is 2. The molecule has 1 amide bonds. The van der Waals surface area contributed by atoms with Gasteiger partial charge in [0, 0.05) is 32.7 Å². The molecule has 0 bridgehead atoms. The van der Waals surface area contributed by atoms with Crippen LogP contribution in [0.15, 0.2) is 24.3 Å². The molecule has 3 rings (SSSR count). The maximum atomic E-state index is 12.9. The third-order valence-corrected chi connectivity index (χ3v) is 4.75. The number of halogens is 1. The second kappa shape index (κ2) is 7.17. The van der Waals surface area contributed by atoms with Crippen LogP contribution in [0.1, 0.15) is 19.3 Å². The van der Waals surface area contributed by atoms with Crippen LogP contribution in [0, 0.1) is 11.7 Å². The first-order chi connectivity index (χ1) is 11.1. The van der Waals surface area contributed by atoms with Gasteiger partial charge in [0.2, 0.25) is 0 Å². The fourth-order valence-corrected chi connectivity index (χ4v) is 3.44. The van der Waals surface area contributed by atoms with Crippen LogP contribution in [0.4, 0.5) is 9.18 Å². The number of ether oxygens (including phenoxy) is 1. The number of likely N-dealkylation sites (tertiary alicyclic amines) is 2. The molecule has 0 aliphatic carbocycles. The Bertz CT molecular complexity index is 529. The average Bonchev–Trinajstić information content (AvgIpc) is 2.97. The molecule has 2 saturated heterocycles. The van der Waals surface area contributed by atoms with Crippen molar-refractivity contribution in [3.05, 3.63) is 30.1 Å². The van der Waals surface area contributed by atoms with Gasteiger partial charge in [0.05, 0.1) is 0 Å². The Morgan fingerprint density at radius 1 is 1.17 bits per heavy atom. The SMILES string of the molecule is O=C(O)N1CCC(CN2CCC(Oc3ccc(F)cc3)C2)CC1. The van der Waals surface area contributed by atoms with E-state index in [1.807, 2.05) is 0 Å². The molecule has 126 valence electrons. The smallest absolute Gasteiger partial charge is 0.407 e. The number of rotatable bonds is 4. The summed E-state index contributed by atoms with van der Waals surface area (Å²) in [5.74, 6) is 1.03. The maximum Gasteiger partial charge on any atom is 0.407 e. The second-order valence-corrected chi connectivity index (χ2v) is 6.46. The van der Waals surface area contributed by atoms with E-state index in [9.17, 15) is 9.18 Å². The Labute approximate surface area is 135 Å². The van der Waals surface area contributed by atoms with Gasteiger partial charge in [-0.25, -0.2) is 9.18 Å². The van der Waals surface area contributed by atoms with E-state index in [-0.39, 0.29) is 11.9 Å². The van der Waals surface area contributed by atoms with E-state index in [1.165, 1.54) is 17.0 Å². The Kier molecular flexibility index (Phi) is 5.00. The van der Waals surface area contributed by atoms with Crippen LogP contribution in [-0.2, 0) is 0 Å². The summed E-state index contributed by atoms with van der Waals surface area (Å²) in [4.78, 5) is 14.8. The van der Waals surface area contributed by atoms with Gasteiger partial charge in [-0.1, -0.05) is 0 Å². The minimum absolute atomic E-state index is 0.152. The lowest BCUT2D eigenvalue weighted by molar-refractivity contribution is 0.114. The molecule has 2 aliphatic heterocycles. The Hall–Kier alpha value is -1.82. The lowest BCUT2D eigenvalue weighted by Gasteiger charge is -2.32. The summed E-state index contributed by atoms with van der Waals surface area (Å²) in [5.41, 5.74) is 0. The van der Waals surface area contributed by atoms with E-state index in [0.717, 1.165) is 38.9 Å². The third-order valence-electron chi connectivity index (χ3n) is 4.75. The van der Waals surface area contributed by atoms with Crippen molar-refractivity contribution in [1.82, 2.24) is 9.80 Å². The van der Waals surface area contributed by atoms with Crippen molar-refractivity contribution < 1.29 is 19.0 Å². The number of amides is 1. The Balaban J connectivity index is 1.42. The van der Waals surface area contributed by atoms with Gasteiger partial charge >= 0.3 is 6.09 Å². The van der Waals surface area contributed by atoms with Gasteiger partial charge in [-0.15, -0.1) is 0 Å². The van der Waals surface area contributed by atoms with Crippen molar-refractivity contribution in [1.29, 1.82) is 0 Å². The predicted octanol–water partition coefficient (Wildman–Crippen LogP) is 2.67. The van der Waals surface area contributed by atoms with E-state index in [0.29, 0.717) is 24.8 Å². The largest absolute Gasteiger partial charge is 0.489 e. The molecular weight excluding hydrogens is 299 g/mol. The highest BCUT2D eigenvalue weighted by atomic mass is 19.1. The van der Waals surface area contributed by atoms with Gasteiger partial charge in [-0.05, 0) is 49.4 Å². The summed E-state index contributed by atoms with van der Waals surface area (Å²) in [5, 5.41) is 8.98. The van der Waals surface area contributed by atoms with Crippen LogP contribution in [0.2, 0.25) is 0 Å². The first-order valence-electron chi connectivity index (χ1n) is 8.22. The van der Waals surface area contributed by atoms with Gasteiger partial charge in [0.15, 0.2) is 0 Å². The van der Waals surface area contributed by atoms with Gasteiger partial charge < -0.3 is 14.7 Å². The number of benzene rings is 1. The fourth-order valence-electron chi connectivity index (χ4n) is 3.44. The predicted molar refractivity (Wildman–Crippen MR) is 84.2 cm³/mol. The zero-order chi connectivity index (χ0) is 16.2. The third kappa shape index (κ3) is 4.34. The highest BCUT2D eigenvalue weighted by molar-refractivity contribution is 5.64. The van der Waals surface area contributed by atoms with Crippen molar-refractivity contribution in [2.75, 3.05) is 32.7 Å². The standard InChI is InChI=1S/C17H23FN2O3/c18-14-1-3-15(4-2-14)23-16-7-8-19(12-16)11-13-5-9-20(10-6-13)17(21)22/h1-4,13,16H,5-12H2,(H,21,22). The van der Waals surface area contributed by atoms with Crippen molar-refractivity contribution in [3.8, 4) is 5.75 Å². The summed E-state index contributed by atoms with van der Waals surface area (Å²) in [6.45, 7) is 4.19. The molecule has 0 spiro atoms. The van der Waals surface area contributed by atoms with Crippen molar-refractivity contribution in [2.24, 2.45) is 5.92 Å². The zero-order valence-corrected chi connectivity index (χ0v) is 13.2. The molecule has 2 heterocycles. The van der Waals surface area contributed by atoms with E-state index in [4.69, 9.17) is 9.84 Å². The van der Waals surface area contributed by atoms with Gasteiger partial charge in [0.1, 0.15) is 17.7 Å². The minimum atomic E-state index is -0.808. The Morgan fingerprint density at radius 3 is 2.52 bits per heavy atom. The molecule has 6 heteroatoms. The fraction of sp³-hybridized carbons (Fsp3) is 0.588. The summed E-state index contributed by atoms with van der Waals surface area (Å²) < 4.78 is 18.8.